The molecule has 0 aromatic carbocycles. The quantitative estimate of drug-likeness (QED) is 0.368. The molecule has 12 atom stereocenters. The second-order valence-corrected chi connectivity index (χ2v) is 16.3. The number of carbonyl (C=O) groups excluding carboxylic acids is 1. The van der Waals surface area contributed by atoms with Crippen molar-refractivity contribution in [2.45, 2.75) is 148 Å². The van der Waals surface area contributed by atoms with Crippen molar-refractivity contribution in [1.29, 1.82) is 0 Å². The van der Waals surface area contributed by atoms with E-state index < -0.39 is 0 Å². The molecule has 0 aromatic heterocycles. The summed E-state index contributed by atoms with van der Waals surface area (Å²) in [7, 11) is 0. The van der Waals surface area contributed by atoms with Crippen molar-refractivity contribution in [3.8, 4) is 0 Å². The Bertz CT molecular complexity index is 958. The number of hydrogen-bond acceptors (Lipinski definition) is 4. The van der Waals surface area contributed by atoms with E-state index in [9.17, 15) is 9.90 Å². The van der Waals surface area contributed by atoms with Crippen LogP contribution >= 0.6 is 0 Å². The maximum atomic E-state index is 12.8. The minimum absolute atomic E-state index is 0.0119. The van der Waals surface area contributed by atoms with Crippen molar-refractivity contribution < 1.29 is 19.4 Å². The fraction of sp³-hybridized carbons (Fsp3) is 0.971. The van der Waals surface area contributed by atoms with Crippen LogP contribution in [0.1, 0.15) is 118 Å². The fourth-order valence-electron chi connectivity index (χ4n) is 12.0. The molecular formula is C34H56N2O4. The lowest BCUT2D eigenvalue weighted by Crippen LogP contribution is -2.57. The van der Waals surface area contributed by atoms with Crippen LogP contribution in [0.15, 0.2) is 0 Å². The molecule has 7 rings (SSSR count). The SMILES string of the molecule is C[C@H]1CC[C@@]2(OC1)O[C@H]1C[C@H]3[C@@H]4CC[C@@H]5C[C@H](NC(=O)NC6CCC(O)CC6)CC[C@]5(C)[C@H]4CC[C@]3(C)[C@H]1[C@@H]2C. The molecule has 2 heterocycles. The molecule has 2 amide bonds. The zero-order valence-electron chi connectivity index (χ0n) is 25.6. The van der Waals surface area contributed by atoms with Gasteiger partial charge in [0.05, 0.1) is 18.8 Å². The van der Waals surface area contributed by atoms with Gasteiger partial charge in [-0.15, -0.1) is 0 Å². The lowest BCUT2D eigenvalue weighted by molar-refractivity contribution is -0.273. The van der Waals surface area contributed by atoms with Gasteiger partial charge in [0.1, 0.15) is 0 Å². The van der Waals surface area contributed by atoms with E-state index in [1.54, 1.807) is 0 Å². The van der Waals surface area contributed by atoms with Gasteiger partial charge in [0.15, 0.2) is 5.79 Å². The monoisotopic (exact) mass is 556 g/mol. The number of fused-ring (bicyclic) bond motifs is 7. The normalized spacial score (nSPS) is 55.6. The molecule has 5 saturated carbocycles. The van der Waals surface area contributed by atoms with Crippen molar-refractivity contribution in [2.24, 2.45) is 52.3 Å². The highest BCUT2D eigenvalue weighted by molar-refractivity contribution is 5.74. The van der Waals surface area contributed by atoms with Crippen molar-refractivity contribution in [3.05, 3.63) is 0 Å². The summed E-state index contributed by atoms with van der Waals surface area (Å²) in [5.41, 5.74) is 0.794. The molecule has 226 valence electrons. The Morgan fingerprint density at radius 3 is 2.30 bits per heavy atom. The highest BCUT2D eigenvalue weighted by Crippen LogP contribution is 2.71. The summed E-state index contributed by atoms with van der Waals surface area (Å²) in [6, 6.07) is 0.523. The van der Waals surface area contributed by atoms with Gasteiger partial charge in [-0.25, -0.2) is 4.79 Å². The van der Waals surface area contributed by atoms with E-state index in [1.165, 1.54) is 44.9 Å². The first-order valence-corrected chi connectivity index (χ1v) is 17.2. The second-order valence-electron chi connectivity index (χ2n) is 16.3. The number of amides is 2. The third kappa shape index (κ3) is 4.39. The van der Waals surface area contributed by atoms with Crippen LogP contribution in [-0.2, 0) is 9.47 Å². The van der Waals surface area contributed by atoms with E-state index in [0.717, 1.165) is 75.2 Å². The van der Waals surface area contributed by atoms with Gasteiger partial charge >= 0.3 is 6.03 Å². The van der Waals surface area contributed by atoms with Crippen LogP contribution in [0.5, 0.6) is 0 Å². The highest BCUT2D eigenvalue weighted by Gasteiger charge is 2.69. The van der Waals surface area contributed by atoms with Crippen molar-refractivity contribution in [2.75, 3.05) is 6.61 Å². The first kappa shape index (κ1) is 28.0. The molecule has 40 heavy (non-hydrogen) atoms. The summed E-state index contributed by atoms with van der Waals surface area (Å²) in [6.45, 7) is 10.9. The van der Waals surface area contributed by atoms with Crippen LogP contribution in [-0.4, -0.2) is 47.8 Å². The zero-order chi connectivity index (χ0) is 27.9. The van der Waals surface area contributed by atoms with Crippen molar-refractivity contribution >= 4 is 6.03 Å². The third-order valence-corrected chi connectivity index (χ3v) is 14.3. The lowest BCUT2D eigenvalue weighted by atomic mass is 9.44. The van der Waals surface area contributed by atoms with E-state index in [0.29, 0.717) is 40.7 Å². The van der Waals surface area contributed by atoms with Gasteiger partial charge in [-0.05, 0) is 130 Å². The van der Waals surface area contributed by atoms with Crippen molar-refractivity contribution in [3.63, 3.8) is 0 Å². The molecule has 1 spiro atoms. The predicted octanol–water partition coefficient (Wildman–Crippen LogP) is 6.40. The minimum atomic E-state index is -0.313. The molecule has 7 fully saturated rings. The van der Waals surface area contributed by atoms with Crippen LogP contribution in [0.4, 0.5) is 4.79 Å². The van der Waals surface area contributed by atoms with Gasteiger partial charge in [0, 0.05) is 24.4 Å². The Labute approximate surface area is 242 Å². The van der Waals surface area contributed by atoms with Gasteiger partial charge < -0.3 is 25.2 Å². The number of aliphatic hydroxyl groups excluding tert-OH is 1. The van der Waals surface area contributed by atoms with Crippen LogP contribution in [0.2, 0.25) is 0 Å². The maximum Gasteiger partial charge on any atom is 0.315 e. The van der Waals surface area contributed by atoms with Crippen molar-refractivity contribution in [1.82, 2.24) is 10.6 Å². The van der Waals surface area contributed by atoms with Crippen LogP contribution < -0.4 is 10.6 Å². The topological polar surface area (TPSA) is 79.8 Å². The molecule has 0 unspecified atom stereocenters. The molecule has 6 nitrogen and oxygen atoms in total. The van der Waals surface area contributed by atoms with Gasteiger partial charge in [-0.3, -0.25) is 0 Å². The summed E-state index contributed by atoms with van der Waals surface area (Å²) in [5, 5.41) is 16.3. The van der Waals surface area contributed by atoms with Gasteiger partial charge in [0.25, 0.3) is 0 Å². The molecule has 0 bridgehead atoms. The Morgan fingerprint density at radius 1 is 0.800 bits per heavy atom. The molecule has 2 saturated heterocycles. The average molecular weight is 557 g/mol. The summed E-state index contributed by atoms with van der Waals surface area (Å²) < 4.78 is 13.5. The summed E-state index contributed by atoms with van der Waals surface area (Å²) in [4.78, 5) is 12.8. The number of hydrogen-bond donors (Lipinski definition) is 3. The Morgan fingerprint density at radius 2 is 1.55 bits per heavy atom. The molecule has 0 radical (unpaired) electrons. The molecule has 3 N–H and O–H groups in total. The van der Waals surface area contributed by atoms with Gasteiger partial charge in [0.2, 0.25) is 0 Å². The Hall–Kier alpha value is -0.850. The predicted molar refractivity (Wildman–Crippen MR) is 155 cm³/mol. The number of aliphatic hydroxyl groups is 1. The van der Waals surface area contributed by atoms with Crippen LogP contribution in [0.25, 0.3) is 0 Å². The minimum Gasteiger partial charge on any atom is -0.393 e. The lowest BCUT2D eigenvalue weighted by Gasteiger charge is -2.61. The third-order valence-electron chi connectivity index (χ3n) is 14.3. The number of carbonyl (C=O) groups is 1. The number of nitrogens with one attached hydrogen (secondary N) is 2. The van der Waals surface area contributed by atoms with E-state index in [-0.39, 0.29) is 24.0 Å². The first-order valence-electron chi connectivity index (χ1n) is 17.2. The van der Waals surface area contributed by atoms with Crippen LogP contribution in [0.3, 0.4) is 0 Å². The molecule has 6 heteroatoms. The Balaban J connectivity index is 0.990. The average Bonchev–Trinajstić information content (AvgIpc) is 3.37. The molecular weight excluding hydrogens is 500 g/mol. The van der Waals surface area contributed by atoms with E-state index in [2.05, 4.69) is 38.3 Å². The van der Waals surface area contributed by atoms with Gasteiger partial charge in [-0.2, -0.15) is 0 Å². The first-order chi connectivity index (χ1) is 19.1. The maximum absolute atomic E-state index is 12.8. The number of rotatable bonds is 2. The van der Waals surface area contributed by atoms with Crippen LogP contribution in [0, 0.1) is 52.3 Å². The smallest absolute Gasteiger partial charge is 0.315 e. The molecule has 0 aromatic rings. The summed E-state index contributed by atoms with van der Waals surface area (Å²) >= 11 is 0. The van der Waals surface area contributed by atoms with E-state index in [4.69, 9.17) is 9.47 Å². The summed E-state index contributed by atoms with van der Waals surface area (Å²) in [6.07, 6.45) is 16.0. The Kier molecular flexibility index (Phi) is 7.07. The van der Waals surface area contributed by atoms with Gasteiger partial charge in [-0.1, -0.05) is 27.7 Å². The number of urea groups is 1. The number of ether oxygens (including phenoxy) is 2. The molecule has 2 aliphatic heterocycles. The molecule has 5 aliphatic carbocycles. The summed E-state index contributed by atoms with van der Waals surface area (Å²) in [5.74, 6) is 4.64. The molecule has 7 aliphatic rings. The standard InChI is InChI=1S/C34H56N2O4/c1-20-11-16-34(39-19-20)21(2)30-29(40-34)18-28-26-10-5-22-17-24(36-31(38)35-23-6-8-25(37)9-7-23)12-14-32(22,3)27(26)13-15-33(28,30)4/h20-30,37H,5-19H2,1-4H3,(H2,35,36,38)/t20-,21-,22+,23?,24+,25?,26+,27-,28-,29-,30-,32-,33-,34+/m0/s1. The highest BCUT2D eigenvalue weighted by atomic mass is 16.7. The van der Waals surface area contributed by atoms with E-state index in [1.807, 2.05) is 0 Å². The fourth-order valence-corrected chi connectivity index (χ4v) is 12.0. The second kappa shape index (κ2) is 10.1. The zero-order valence-corrected chi connectivity index (χ0v) is 25.6. The largest absolute Gasteiger partial charge is 0.393 e. The van der Waals surface area contributed by atoms with E-state index >= 15 is 0 Å².